The van der Waals surface area contributed by atoms with E-state index in [1.165, 1.54) is 13.4 Å². The monoisotopic (exact) mass is 199 g/mol. The molecule has 1 atom stereocenters. The van der Waals surface area contributed by atoms with Crippen molar-refractivity contribution in [3.05, 3.63) is 12.2 Å². The first-order chi connectivity index (χ1) is 6.50. The lowest BCUT2D eigenvalue weighted by atomic mass is 9.86. The number of aliphatic hydroxyl groups is 1. The van der Waals surface area contributed by atoms with Crippen LogP contribution in [0, 0.1) is 0 Å². The fraction of sp³-hybridized carbons (Fsp3) is 0.625. The first-order valence-corrected chi connectivity index (χ1v) is 4.12. The van der Waals surface area contributed by atoms with Gasteiger partial charge in [-0.05, 0) is 13.8 Å². The summed E-state index contributed by atoms with van der Waals surface area (Å²) >= 11 is 0. The molecule has 6 heteroatoms. The average Bonchev–Trinajstić information content (AvgIpc) is 2.68. The molecular formula is C8H13N3O3. The van der Waals surface area contributed by atoms with Crippen LogP contribution in [-0.2, 0) is 14.9 Å². The van der Waals surface area contributed by atoms with Crippen molar-refractivity contribution >= 4 is 5.97 Å². The van der Waals surface area contributed by atoms with Crippen LogP contribution in [0.15, 0.2) is 6.33 Å². The first kappa shape index (κ1) is 10.6. The van der Waals surface area contributed by atoms with Crippen molar-refractivity contribution in [2.45, 2.75) is 25.4 Å². The number of carbonyl (C=O) groups is 1. The minimum absolute atomic E-state index is 0.440. The molecule has 78 valence electrons. The number of hydrogen-bond acceptors (Lipinski definition) is 5. The van der Waals surface area contributed by atoms with E-state index >= 15 is 0 Å². The highest BCUT2D eigenvalue weighted by atomic mass is 16.5. The molecule has 1 aromatic rings. The van der Waals surface area contributed by atoms with Gasteiger partial charge in [0.25, 0.3) is 0 Å². The summed E-state index contributed by atoms with van der Waals surface area (Å²) in [5.74, 6) is -0.248. The second-order valence-corrected chi connectivity index (χ2v) is 3.48. The molecule has 0 aromatic carbocycles. The molecule has 1 rings (SSSR count). The molecule has 6 nitrogen and oxygen atoms in total. The van der Waals surface area contributed by atoms with Crippen LogP contribution in [0.5, 0.6) is 0 Å². The van der Waals surface area contributed by atoms with Crippen molar-refractivity contribution < 1.29 is 14.6 Å². The molecule has 1 unspecified atom stereocenters. The van der Waals surface area contributed by atoms with Crippen molar-refractivity contribution in [2.24, 2.45) is 0 Å². The van der Waals surface area contributed by atoms with Gasteiger partial charge in [-0.1, -0.05) is 0 Å². The van der Waals surface area contributed by atoms with E-state index in [9.17, 15) is 9.90 Å². The van der Waals surface area contributed by atoms with E-state index in [1.807, 2.05) is 0 Å². The Morgan fingerprint density at radius 3 is 2.79 bits per heavy atom. The Labute approximate surface area is 81.3 Å². The predicted octanol–water partition coefficient (Wildman–Crippen LogP) is -0.384. The molecule has 0 saturated heterocycles. The van der Waals surface area contributed by atoms with Crippen molar-refractivity contribution in [1.29, 1.82) is 0 Å². The fourth-order valence-corrected chi connectivity index (χ4v) is 1.05. The molecule has 2 N–H and O–H groups in total. The highest BCUT2D eigenvalue weighted by Gasteiger charge is 2.38. The molecule has 0 aliphatic rings. The lowest BCUT2D eigenvalue weighted by Crippen LogP contribution is -2.41. The molecule has 0 radical (unpaired) electrons. The zero-order valence-corrected chi connectivity index (χ0v) is 8.31. The third kappa shape index (κ3) is 1.74. The average molecular weight is 199 g/mol. The zero-order chi connectivity index (χ0) is 10.8. The molecule has 0 fully saturated rings. The number of aromatic amines is 1. The van der Waals surface area contributed by atoms with E-state index in [4.69, 9.17) is 0 Å². The van der Waals surface area contributed by atoms with Gasteiger partial charge >= 0.3 is 5.97 Å². The highest BCUT2D eigenvalue weighted by molar-refractivity contribution is 5.76. The van der Waals surface area contributed by atoms with E-state index in [0.717, 1.165) is 0 Å². The Morgan fingerprint density at radius 1 is 1.71 bits per heavy atom. The predicted molar refractivity (Wildman–Crippen MR) is 47.4 cm³/mol. The summed E-state index contributed by atoms with van der Waals surface area (Å²) in [7, 11) is 1.22. The van der Waals surface area contributed by atoms with Gasteiger partial charge in [0.05, 0.1) is 12.5 Å². The Bertz CT molecular complexity index is 308. The largest absolute Gasteiger partial charge is 0.467 e. The summed E-state index contributed by atoms with van der Waals surface area (Å²) in [6.45, 7) is 3.35. The fourth-order valence-electron chi connectivity index (χ4n) is 1.05. The Balaban J connectivity index is 2.90. The first-order valence-electron chi connectivity index (χ1n) is 4.12. The number of nitrogens with zero attached hydrogens (tertiary/aromatic N) is 2. The van der Waals surface area contributed by atoms with Crippen LogP contribution in [0.25, 0.3) is 0 Å². The quantitative estimate of drug-likeness (QED) is 0.647. The third-order valence-electron chi connectivity index (χ3n) is 2.13. The van der Waals surface area contributed by atoms with Gasteiger partial charge in [0.1, 0.15) is 12.2 Å². The second-order valence-electron chi connectivity index (χ2n) is 3.48. The van der Waals surface area contributed by atoms with Gasteiger partial charge < -0.3 is 9.84 Å². The molecule has 0 saturated carbocycles. The number of H-pyrrole nitrogens is 1. The van der Waals surface area contributed by atoms with E-state index in [2.05, 4.69) is 19.9 Å². The standard InChI is InChI=1S/C8H13N3O3/c1-8(2,5(12)6(13)14-3)7-9-4-10-11-7/h4-5,12H,1-3H3,(H,9,10,11). The lowest BCUT2D eigenvalue weighted by molar-refractivity contribution is -0.154. The van der Waals surface area contributed by atoms with Gasteiger partial charge in [-0.15, -0.1) is 0 Å². The molecule has 0 aliphatic carbocycles. The zero-order valence-electron chi connectivity index (χ0n) is 8.31. The van der Waals surface area contributed by atoms with Crippen LogP contribution >= 0.6 is 0 Å². The van der Waals surface area contributed by atoms with Crippen LogP contribution in [0.4, 0.5) is 0 Å². The molecule has 14 heavy (non-hydrogen) atoms. The van der Waals surface area contributed by atoms with Crippen molar-refractivity contribution in [3.63, 3.8) is 0 Å². The van der Waals surface area contributed by atoms with E-state index in [0.29, 0.717) is 5.82 Å². The normalized spacial score (nSPS) is 13.7. The molecule has 1 aromatic heterocycles. The number of hydrogen-bond donors (Lipinski definition) is 2. The van der Waals surface area contributed by atoms with E-state index in [-0.39, 0.29) is 0 Å². The van der Waals surface area contributed by atoms with Crippen LogP contribution in [-0.4, -0.2) is 39.5 Å². The van der Waals surface area contributed by atoms with Crippen LogP contribution in [0.3, 0.4) is 0 Å². The molecule has 0 amide bonds. The van der Waals surface area contributed by atoms with Crippen molar-refractivity contribution in [2.75, 3.05) is 7.11 Å². The summed E-state index contributed by atoms with van der Waals surface area (Å²) in [5.41, 5.74) is -0.844. The topological polar surface area (TPSA) is 88.1 Å². The lowest BCUT2D eigenvalue weighted by Gasteiger charge is -2.25. The summed E-state index contributed by atoms with van der Waals surface area (Å²) < 4.78 is 4.45. The molecular weight excluding hydrogens is 186 g/mol. The van der Waals surface area contributed by atoms with Gasteiger partial charge in [-0.3, -0.25) is 5.10 Å². The molecule has 0 spiro atoms. The van der Waals surface area contributed by atoms with Crippen LogP contribution < -0.4 is 0 Å². The van der Waals surface area contributed by atoms with E-state index < -0.39 is 17.5 Å². The molecule has 1 heterocycles. The Morgan fingerprint density at radius 2 is 2.36 bits per heavy atom. The van der Waals surface area contributed by atoms with Crippen LogP contribution in [0.2, 0.25) is 0 Å². The van der Waals surface area contributed by atoms with Crippen molar-refractivity contribution in [3.8, 4) is 0 Å². The second kappa shape index (κ2) is 3.75. The smallest absolute Gasteiger partial charge is 0.335 e. The number of esters is 1. The summed E-state index contributed by atoms with van der Waals surface area (Å²) in [6.07, 6.45) is 0.0570. The minimum Gasteiger partial charge on any atom is -0.467 e. The number of ether oxygens (including phenoxy) is 1. The molecule has 0 bridgehead atoms. The summed E-state index contributed by atoms with van der Waals surface area (Å²) in [6, 6.07) is 0. The van der Waals surface area contributed by atoms with Gasteiger partial charge in [0, 0.05) is 0 Å². The SMILES string of the molecule is COC(=O)C(O)C(C)(C)c1ncn[nH]1. The van der Waals surface area contributed by atoms with Crippen LogP contribution in [0.1, 0.15) is 19.7 Å². The maximum absolute atomic E-state index is 11.1. The Kier molecular flexibility index (Phi) is 2.85. The summed E-state index contributed by atoms with van der Waals surface area (Å²) in [4.78, 5) is 15.0. The number of rotatable bonds is 3. The number of aliphatic hydroxyl groups excluding tert-OH is 1. The molecule has 0 aliphatic heterocycles. The Hall–Kier alpha value is -1.43. The number of nitrogens with one attached hydrogen (secondary N) is 1. The minimum atomic E-state index is -1.26. The van der Waals surface area contributed by atoms with Gasteiger partial charge in [-0.2, -0.15) is 5.10 Å². The third-order valence-corrected chi connectivity index (χ3v) is 2.13. The number of aromatic nitrogens is 3. The maximum atomic E-state index is 11.1. The van der Waals surface area contributed by atoms with Gasteiger partial charge in [0.15, 0.2) is 6.10 Å². The highest BCUT2D eigenvalue weighted by Crippen LogP contribution is 2.23. The van der Waals surface area contributed by atoms with E-state index in [1.54, 1.807) is 13.8 Å². The van der Waals surface area contributed by atoms with Crippen molar-refractivity contribution in [1.82, 2.24) is 15.2 Å². The number of methoxy groups -OCH3 is 1. The van der Waals surface area contributed by atoms with Gasteiger partial charge in [-0.25, -0.2) is 9.78 Å². The maximum Gasteiger partial charge on any atom is 0.335 e. The van der Waals surface area contributed by atoms with Gasteiger partial charge in [0.2, 0.25) is 0 Å². The number of carbonyl (C=O) groups excluding carboxylic acids is 1. The summed E-state index contributed by atoms with van der Waals surface area (Å²) in [5, 5.41) is 15.9.